The zero-order chi connectivity index (χ0) is 19.1. The molecule has 1 unspecified atom stereocenters. The van der Waals surface area contributed by atoms with E-state index < -0.39 is 0 Å². The summed E-state index contributed by atoms with van der Waals surface area (Å²) in [5.41, 5.74) is 2.39. The summed E-state index contributed by atoms with van der Waals surface area (Å²) < 4.78 is 8.05. The third-order valence-electron chi connectivity index (χ3n) is 6.26. The Bertz CT molecular complexity index is 950. The summed E-state index contributed by atoms with van der Waals surface area (Å²) in [5, 5.41) is 2.50. The first-order valence-corrected chi connectivity index (χ1v) is 10.3. The molecular formula is C23H27N3O2. The number of ether oxygens (including phenoxy) is 1. The van der Waals surface area contributed by atoms with Gasteiger partial charge in [-0.05, 0) is 30.9 Å². The molecule has 0 saturated carbocycles. The Morgan fingerprint density at radius 3 is 2.21 bits per heavy atom. The van der Waals surface area contributed by atoms with Crippen molar-refractivity contribution in [3.63, 3.8) is 0 Å². The summed E-state index contributed by atoms with van der Waals surface area (Å²) in [6.45, 7) is 6.49. The summed E-state index contributed by atoms with van der Waals surface area (Å²) in [6.07, 6.45) is 2.14. The number of hydrogen-bond acceptors (Lipinski definition) is 3. The second-order valence-corrected chi connectivity index (χ2v) is 8.32. The lowest BCUT2D eigenvalue weighted by Crippen LogP contribution is -2.42. The number of likely N-dealkylation sites (tertiary alicyclic amines) is 1. The highest BCUT2D eigenvalue weighted by Gasteiger charge is 2.33. The molecule has 146 valence electrons. The average Bonchev–Trinajstić information content (AvgIpc) is 3.22. The molecule has 2 saturated heterocycles. The largest absolute Gasteiger partial charge is 0.442 e. The molecule has 5 heteroatoms. The van der Waals surface area contributed by atoms with Crippen LogP contribution in [0.5, 0.6) is 0 Å². The number of para-hydroxylation sites is 2. The number of rotatable bonds is 4. The monoisotopic (exact) mass is 377 g/mol. The van der Waals surface area contributed by atoms with Crippen molar-refractivity contribution in [2.24, 2.45) is 5.92 Å². The minimum Gasteiger partial charge on any atom is -0.442 e. The van der Waals surface area contributed by atoms with Gasteiger partial charge in [-0.1, -0.05) is 43.3 Å². The normalized spacial score (nSPS) is 21.7. The maximum atomic E-state index is 12.4. The molecule has 3 heterocycles. The van der Waals surface area contributed by atoms with Gasteiger partial charge in [0.1, 0.15) is 6.10 Å². The minimum atomic E-state index is -0.176. The fourth-order valence-electron chi connectivity index (χ4n) is 4.63. The second kappa shape index (κ2) is 7.13. The number of amides is 1. The van der Waals surface area contributed by atoms with E-state index in [0.29, 0.717) is 19.8 Å². The Hall–Kier alpha value is -2.53. The highest BCUT2D eigenvalue weighted by atomic mass is 16.6. The molecule has 2 aromatic carbocycles. The van der Waals surface area contributed by atoms with Crippen molar-refractivity contribution in [1.29, 1.82) is 0 Å². The van der Waals surface area contributed by atoms with Crippen LogP contribution in [0.25, 0.3) is 21.8 Å². The Morgan fingerprint density at radius 2 is 1.57 bits per heavy atom. The Kier molecular flexibility index (Phi) is 4.47. The lowest BCUT2D eigenvalue weighted by molar-refractivity contribution is 0.105. The average molecular weight is 377 g/mol. The highest BCUT2D eigenvalue weighted by Crippen LogP contribution is 2.30. The minimum absolute atomic E-state index is 0.115. The first-order valence-electron chi connectivity index (χ1n) is 10.3. The van der Waals surface area contributed by atoms with Gasteiger partial charge in [0, 0.05) is 34.9 Å². The Morgan fingerprint density at radius 1 is 0.964 bits per heavy atom. The molecule has 2 aliphatic rings. The molecule has 2 aliphatic heterocycles. The fourth-order valence-corrected chi connectivity index (χ4v) is 4.63. The van der Waals surface area contributed by atoms with Crippen molar-refractivity contribution in [1.82, 2.24) is 14.4 Å². The first kappa shape index (κ1) is 17.6. The van der Waals surface area contributed by atoms with Crippen LogP contribution in [-0.4, -0.2) is 52.9 Å². The molecule has 1 atom stereocenters. The van der Waals surface area contributed by atoms with E-state index in [1.807, 2.05) is 4.90 Å². The molecular weight excluding hydrogens is 350 g/mol. The number of carbonyl (C=O) groups is 1. The van der Waals surface area contributed by atoms with Gasteiger partial charge in [0.25, 0.3) is 0 Å². The van der Waals surface area contributed by atoms with Gasteiger partial charge in [0.2, 0.25) is 0 Å². The Labute approximate surface area is 165 Å². The van der Waals surface area contributed by atoms with Gasteiger partial charge >= 0.3 is 6.09 Å². The van der Waals surface area contributed by atoms with Gasteiger partial charge in [-0.25, -0.2) is 4.79 Å². The van der Waals surface area contributed by atoms with E-state index in [9.17, 15) is 4.79 Å². The maximum Gasteiger partial charge on any atom is 0.411 e. The highest BCUT2D eigenvalue weighted by molar-refractivity contribution is 6.07. The molecule has 5 rings (SSSR count). The van der Waals surface area contributed by atoms with Crippen LogP contribution in [0, 0.1) is 5.92 Å². The smallest absolute Gasteiger partial charge is 0.411 e. The van der Waals surface area contributed by atoms with Crippen molar-refractivity contribution in [3.8, 4) is 0 Å². The van der Waals surface area contributed by atoms with Crippen LogP contribution in [0.15, 0.2) is 48.5 Å². The number of cyclic esters (lactones) is 1. The molecule has 1 amide bonds. The third-order valence-corrected chi connectivity index (χ3v) is 6.26. The van der Waals surface area contributed by atoms with Crippen LogP contribution < -0.4 is 0 Å². The van der Waals surface area contributed by atoms with Crippen LogP contribution in [0.1, 0.15) is 19.8 Å². The molecule has 1 aromatic heterocycles. The van der Waals surface area contributed by atoms with E-state index in [-0.39, 0.29) is 12.2 Å². The Balaban J connectivity index is 1.35. The molecule has 0 aliphatic carbocycles. The molecule has 2 fully saturated rings. The zero-order valence-electron chi connectivity index (χ0n) is 16.4. The fraction of sp³-hybridized carbons (Fsp3) is 0.435. The second-order valence-electron chi connectivity index (χ2n) is 8.32. The number of hydrogen-bond donors (Lipinski definition) is 0. The summed E-state index contributed by atoms with van der Waals surface area (Å²) in [6, 6.07) is 16.9. The third kappa shape index (κ3) is 3.14. The predicted molar refractivity (Wildman–Crippen MR) is 111 cm³/mol. The number of benzene rings is 2. The van der Waals surface area contributed by atoms with E-state index in [0.717, 1.165) is 19.0 Å². The lowest BCUT2D eigenvalue weighted by Gasteiger charge is -2.32. The number of aromatic nitrogens is 1. The van der Waals surface area contributed by atoms with Crippen LogP contribution in [0.2, 0.25) is 0 Å². The number of nitrogens with zero attached hydrogens (tertiary/aromatic N) is 3. The standard InChI is InChI=1S/C23H27N3O2/c1-17-10-12-24(13-11-17)16-25-14-18(28-23(25)27)15-26-21-8-4-2-6-19(21)20-7-3-5-9-22(20)26/h2-9,17-18H,10-16H2,1H3. The SMILES string of the molecule is CC1CCN(CN2CC(Cn3c4ccccc4c4ccccc43)OC2=O)CC1. The molecule has 28 heavy (non-hydrogen) atoms. The van der Waals surface area contributed by atoms with Gasteiger partial charge in [0.15, 0.2) is 0 Å². The van der Waals surface area contributed by atoms with E-state index >= 15 is 0 Å². The van der Waals surface area contributed by atoms with Crippen LogP contribution in [0.4, 0.5) is 4.79 Å². The van der Waals surface area contributed by atoms with Crippen molar-refractivity contribution >= 4 is 27.9 Å². The summed E-state index contributed by atoms with van der Waals surface area (Å²) >= 11 is 0. The van der Waals surface area contributed by atoms with Crippen molar-refractivity contribution in [2.75, 3.05) is 26.3 Å². The maximum absolute atomic E-state index is 12.4. The molecule has 5 nitrogen and oxygen atoms in total. The molecule has 0 spiro atoms. The van der Waals surface area contributed by atoms with Crippen molar-refractivity contribution < 1.29 is 9.53 Å². The van der Waals surface area contributed by atoms with Gasteiger partial charge in [0.05, 0.1) is 19.8 Å². The zero-order valence-corrected chi connectivity index (χ0v) is 16.4. The van der Waals surface area contributed by atoms with E-state index in [1.165, 1.54) is 34.6 Å². The van der Waals surface area contributed by atoms with Gasteiger partial charge in [-0.2, -0.15) is 0 Å². The van der Waals surface area contributed by atoms with Gasteiger partial charge in [-0.3, -0.25) is 9.80 Å². The lowest BCUT2D eigenvalue weighted by atomic mass is 10.00. The van der Waals surface area contributed by atoms with E-state index in [2.05, 4.69) is 64.9 Å². The van der Waals surface area contributed by atoms with Gasteiger partial charge in [-0.15, -0.1) is 0 Å². The van der Waals surface area contributed by atoms with Crippen LogP contribution >= 0.6 is 0 Å². The van der Waals surface area contributed by atoms with E-state index in [4.69, 9.17) is 4.74 Å². The molecule has 3 aromatic rings. The molecule has 0 bridgehead atoms. The summed E-state index contributed by atoms with van der Waals surface area (Å²) in [4.78, 5) is 16.7. The van der Waals surface area contributed by atoms with Gasteiger partial charge < -0.3 is 9.30 Å². The number of fused-ring (bicyclic) bond motifs is 3. The van der Waals surface area contributed by atoms with Crippen LogP contribution in [-0.2, 0) is 11.3 Å². The quantitative estimate of drug-likeness (QED) is 0.680. The molecule has 0 radical (unpaired) electrons. The molecule has 0 N–H and O–H groups in total. The van der Waals surface area contributed by atoms with Crippen LogP contribution in [0.3, 0.4) is 0 Å². The summed E-state index contributed by atoms with van der Waals surface area (Å²) in [7, 11) is 0. The van der Waals surface area contributed by atoms with E-state index in [1.54, 1.807) is 0 Å². The predicted octanol–water partition coefficient (Wildman–Crippen LogP) is 4.30. The van der Waals surface area contributed by atoms with Crippen molar-refractivity contribution in [3.05, 3.63) is 48.5 Å². The van der Waals surface area contributed by atoms with Crippen molar-refractivity contribution in [2.45, 2.75) is 32.4 Å². The number of carbonyl (C=O) groups excluding carboxylic acids is 1. The summed E-state index contributed by atoms with van der Waals surface area (Å²) in [5.74, 6) is 0.796. The number of piperidine rings is 1. The first-order chi connectivity index (χ1) is 13.7. The topological polar surface area (TPSA) is 37.7 Å².